The molecule has 6 rings (SSSR count). The zero-order valence-corrected chi connectivity index (χ0v) is 18.3. The molecule has 1 aliphatic carbocycles. The van der Waals surface area contributed by atoms with Crippen LogP contribution in [0.3, 0.4) is 0 Å². The number of benzene rings is 2. The minimum Gasteiger partial charge on any atom is -0.351 e. The van der Waals surface area contributed by atoms with E-state index >= 15 is 0 Å². The van der Waals surface area contributed by atoms with E-state index in [9.17, 15) is 0 Å². The second-order valence-corrected chi connectivity index (χ2v) is 8.74. The van der Waals surface area contributed by atoms with Gasteiger partial charge in [-0.2, -0.15) is 4.52 Å². The number of nitrogens with one attached hydrogen (secondary N) is 1. The van der Waals surface area contributed by atoms with Crippen molar-refractivity contribution in [3.8, 4) is 0 Å². The number of nitrogens with zero attached hydrogens (tertiary/aromatic N) is 6. The van der Waals surface area contributed by atoms with Crippen molar-refractivity contribution in [2.24, 2.45) is 0 Å². The number of imidazole rings is 1. The summed E-state index contributed by atoms with van der Waals surface area (Å²) in [4.78, 5) is 14.5. The number of aromatic nitrogens is 6. The number of hydrogen-bond acceptors (Lipinski definition) is 5. The summed E-state index contributed by atoms with van der Waals surface area (Å²) < 4.78 is 4.16. The van der Waals surface area contributed by atoms with Crippen LogP contribution in [0.5, 0.6) is 0 Å². The molecule has 32 heavy (non-hydrogen) atoms. The Labute approximate surface area is 186 Å². The van der Waals surface area contributed by atoms with Crippen LogP contribution < -0.4 is 5.32 Å². The quantitative estimate of drug-likeness (QED) is 0.433. The van der Waals surface area contributed by atoms with Crippen molar-refractivity contribution in [3.05, 3.63) is 60.2 Å². The van der Waals surface area contributed by atoms with Crippen LogP contribution in [0.1, 0.15) is 43.8 Å². The molecule has 1 fully saturated rings. The summed E-state index contributed by atoms with van der Waals surface area (Å²) in [5.74, 6) is 2.64. The molecule has 0 unspecified atom stereocenters. The van der Waals surface area contributed by atoms with Gasteiger partial charge in [0.2, 0.25) is 5.95 Å². The van der Waals surface area contributed by atoms with Gasteiger partial charge < -0.3 is 9.88 Å². The Morgan fingerprint density at radius 1 is 0.906 bits per heavy atom. The van der Waals surface area contributed by atoms with Gasteiger partial charge in [-0.1, -0.05) is 43.5 Å². The Bertz CT molecular complexity index is 1410. The summed E-state index contributed by atoms with van der Waals surface area (Å²) in [6.45, 7) is 2.85. The van der Waals surface area contributed by atoms with E-state index < -0.39 is 0 Å². The topological polar surface area (TPSA) is 72.9 Å². The first-order valence-electron chi connectivity index (χ1n) is 11.6. The molecule has 0 aliphatic heterocycles. The van der Waals surface area contributed by atoms with Crippen LogP contribution in [0.2, 0.25) is 0 Å². The highest BCUT2D eigenvalue weighted by atomic mass is 15.4. The second-order valence-electron chi connectivity index (χ2n) is 8.74. The van der Waals surface area contributed by atoms with Gasteiger partial charge in [-0.05, 0) is 44.0 Å². The molecule has 3 aromatic heterocycles. The van der Waals surface area contributed by atoms with Gasteiger partial charge in [0.1, 0.15) is 5.82 Å². The molecule has 1 N–H and O–H groups in total. The van der Waals surface area contributed by atoms with Crippen molar-refractivity contribution in [1.29, 1.82) is 0 Å². The molecule has 0 saturated heterocycles. The molecule has 1 saturated carbocycles. The largest absolute Gasteiger partial charge is 0.351 e. The van der Waals surface area contributed by atoms with Gasteiger partial charge in [-0.25, -0.2) is 15.0 Å². The SMILES string of the molecule is Cc1nc2ccccc2n1CCc1nc2c3ccccc3nc(NC3CCCCC3)n2n1. The lowest BCUT2D eigenvalue weighted by atomic mass is 9.96. The standard InChI is InChI=1S/C25H27N7/c1-17-26-21-13-7-8-14-22(21)31(17)16-15-23-29-24-19-11-5-6-12-20(19)28-25(32(24)30-23)27-18-9-3-2-4-10-18/h5-8,11-14,18H,2-4,9-10,15-16H2,1H3,(H,27,28). The Morgan fingerprint density at radius 2 is 1.69 bits per heavy atom. The van der Waals surface area contributed by atoms with E-state index in [1.807, 2.05) is 22.7 Å². The van der Waals surface area contributed by atoms with Gasteiger partial charge in [0.15, 0.2) is 11.5 Å². The van der Waals surface area contributed by atoms with E-state index in [0.29, 0.717) is 6.04 Å². The third-order valence-electron chi connectivity index (χ3n) is 6.57. The van der Waals surface area contributed by atoms with E-state index in [1.54, 1.807) is 0 Å². The number of hydrogen-bond donors (Lipinski definition) is 1. The molecule has 7 heteroatoms. The fourth-order valence-corrected chi connectivity index (χ4v) is 4.92. The highest BCUT2D eigenvalue weighted by Gasteiger charge is 2.18. The Hall–Kier alpha value is -3.48. The van der Waals surface area contributed by atoms with E-state index in [2.05, 4.69) is 52.1 Å². The first-order chi connectivity index (χ1) is 15.8. The summed E-state index contributed by atoms with van der Waals surface area (Å²) in [6.07, 6.45) is 6.98. The molecule has 0 radical (unpaired) electrons. The summed E-state index contributed by atoms with van der Waals surface area (Å²) in [6, 6.07) is 16.9. The third kappa shape index (κ3) is 3.38. The first-order valence-corrected chi connectivity index (χ1v) is 11.6. The van der Waals surface area contributed by atoms with Gasteiger partial charge >= 0.3 is 0 Å². The highest BCUT2D eigenvalue weighted by Crippen LogP contribution is 2.25. The van der Waals surface area contributed by atoms with Crippen molar-refractivity contribution in [1.82, 2.24) is 29.1 Å². The number of anilines is 1. The first kappa shape index (κ1) is 19.2. The van der Waals surface area contributed by atoms with Crippen molar-refractivity contribution in [3.63, 3.8) is 0 Å². The molecule has 0 amide bonds. The molecule has 2 aromatic carbocycles. The van der Waals surface area contributed by atoms with Crippen LogP contribution in [0, 0.1) is 6.92 Å². The summed E-state index contributed by atoms with van der Waals surface area (Å²) in [5, 5.41) is 9.58. The Balaban J connectivity index is 1.37. The van der Waals surface area contributed by atoms with Crippen LogP contribution in [-0.4, -0.2) is 35.2 Å². The van der Waals surface area contributed by atoms with Crippen LogP contribution in [-0.2, 0) is 13.0 Å². The van der Waals surface area contributed by atoms with E-state index in [4.69, 9.17) is 15.1 Å². The number of para-hydroxylation sites is 3. The number of fused-ring (bicyclic) bond motifs is 4. The van der Waals surface area contributed by atoms with Gasteiger partial charge in [0, 0.05) is 24.4 Å². The predicted molar refractivity (Wildman–Crippen MR) is 127 cm³/mol. The number of aryl methyl sites for hydroxylation is 3. The van der Waals surface area contributed by atoms with Crippen LogP contribution in [0.25, 0.3) is 27.6 Å². The van der Waals surface area contributed by atoms with Crippen LogP contribution in [0.15, 0.2) is 48.5 Å². The molecule has 0 atom stereocenters. The fraction of sp³-hybridized carbons (Fsp3) is 0.360. The van der Waals surface area contributed by atoms with Crippen molar-refractivity contribution < 1.29 is 0 Å². The fourth-order valence-electron chi connectivity index (χ4n) is 4.92. The molecule has 5 aromatic rings. The average Bonchev–Trinajstić information content (AvgIpc) is 3.39. The minimum atomic E-state index is 0.452. The molecule has 1 aliphatic rings. The monoisotopic (exact) mass is 425 g/mol. The van der Waals surface area contributed by atoms with Gasteiger partial charge in [0.05, 0.1) is 16.6 Å². The maximum atomic E-state index is 4.94. The zero-order chi connectivity index (χ0) is 21.5. The lowest BCUT2D eigenvalue weighted by Crippen LogP contribution is -2.24. The van der Waals surface area contributed by atoms with E-state index in [0.717, 1.165) is 58.1 Å². The Morgan fingerprint density at radius 3 is 2.56 bits per heavy atom. The second kappa shape index (κ2) is 7.89. The molecule has 7 nitrogen and oxygen atoms in total. The predicted octanol–water partition coefficient (Wildman–Crippen LogP) is 4.92. The summed E-state index contributed by atoms with van der Waals surface area (Å²) >= 11 is 0. The average molecular weight is 426 g/mol. The lowest BCUT2D eigenvalue weighted by Gasteiger charge is -2.23. The van der Waals surface area contributed by atoms with E-state index in [-0.39, 0.29) is 0 Å². The third-order valence-corrected chi connectivity index (χ3v) is 6.57. The van der Waals surface area contributed by atoms with Crippen molar-refractivity contribution >= 4 is 33.5 Å². The van der Waals surface area contributed by atoms with Gasteiger partial charge in [0.25, 0.3) is 0 Å². The molecule has 0 bridgehead atoms. The number of rotatable bonds is 5. The van der Waals surface area contributed by atoms with Crippen molar-refractivity contribution in [2.75, 3.05) is 5.32 Å². The molecule has 162 valence electrons. The van der Waals surface area contributed by atoms with Gasteiger partial charge in [-0.15, -0.1) is 5.10 Å². The molecular formula is C25H27N7. The minimum absolute atomic E-state index is 0.452. The van der Waals surface area contributed by atoms with E-state index in [1.165, 1.54) is 32.1 Å². The maximum Gasteiger partial charge on any atom is 0.226 e. The maximum absolute atomic E-state index is 4.94. The van der Waals surface area contributed by atoms with Crippen LogP contribution in [0.4, 0.5) is 5.95 Å². The summed E-state index contributed by atoms with van der Waals surface area (Å²) in [5.41, 5.74) is 4.01. The molecule has 0 spiro atoms. The van der Waals surface area contributed by atoms with Crippen molar-refractivity contribution in [2.45, 2.75) is 58.0 Å². The molecular weight excluding hydrogens is 398 g/mol. The normalized spacial score (nSPS) is 15.2. The lowest BCUT2D eigenvalue weighted by molar-refractivity contribution is 0.460. The Kier molecular flexibility index (Phi) is 4.74. The highest BCUT2D eigenvalue weighted by molar-refractivity contribution is 5.92. The zero-order valence-electron chi connectivity index (χ0n) is 18.3. The smallest absolute Gasteiger partial charge is 0.226 e. The van der Waals surface area contributed by atoms with Gasteiger partial charge in [-0.3, -0.25) is 0 Å². The molecule has 3 heterocycles. The van der Waals surface area contributed by atoms with Crippen LogP contribution >= 0.6 is 0 Å². The summed E-state index contributed by atoms with van der Waals surface area (Å²) in [7, 11) is 0.